The average Bonchev–Trinajstić information content (AvgIpc) is 3.24. The Labute approximate surface area is 161 Å². The summed E-state index contributed by atoms with van der Waals surface area (Å²) in [5.74, 6) is -1.19. The van der Waals surface area contributed by atoms with E-state index in [1.165, 1.54) is 17.2 Å². The van der Waals surface area contributed by atoms with Crippen molar-refractivity contribution in [2.45, 2.75) is 12.5 Å². The molecule has 28 heavy (non-hydrogen) atoms. The number of anilines is 3. The maximum absolute atomic E-state index is 13.0. The van der Waals surface area contributed by atoms with Crippen molar-refractivity contribution < 1.29 is 18.8 Å². The van der Waals surface area contributed by atoms with Crippen LogP contribution >= 0.6 is 0 Å². The number of nitrogens with one attached hydrogen (secondary N) is 2. The minimum Gasteiger partial charge on any atom is -0.459 e. The van der Waals surface area contributed by atoms with Gasteiger partial charge in [-0.2, -0.15) is 0 Å². The quantitative estimate of drug-likeness (QED) is 0.732. The molecule has 0 saturated heterocycles. The van der Waals surface area contributed by atoms with E-state index in [2.05, 4.69) is 10.6 Å². The van der Waals surface area contributed by atoms with E-state index in [4.69, 9.17) is 4.42 Å². The van der Waals surface area contributed by atoms with E-state index in [0.717, 1.165) is 0 Å². The standard InChI is InChI=1S/C21H17N3O4/c25-19(22-14-7-2-1-3-8-14)13-17-20(26)23-15-9-4-5-10-16(15)24(17)21(27)18-11-6-12-28-18/h1-12,17H,13H2,(H,22,25)(H,23,26)/t17-/m1/s1. The van der Waals surface area contributed by atoms with E-state index in [-0.39, 0.29) is 18.1 Å². The third-order valence-corrected chi connectivity index (χ3v) is 4.42. The van der Waals surface area contributed by atoms with E-state index in [1.54, 1.807) is 54.6 Å². The molecule has 7 nitrogen and oxygen atoms in total. The van der Waals surface area contributed by atoms with Crippen molar-refractivity contribution >= 4 is 34.8 Å². The number of benzene rings is 2. The fraction of sp³-hybridized carbons (Fsp3) is 0.0952. The van der Waals surface area contributed by atoms with Crippen LogP contribution in [0.15, 0.2) is 77.4 Å². The molecular formula is C21H17N3O4. The second kappa shape index (κ2) is 7.40. The average molecular weight is 375 g/mol. The molecule has 2 aromatic carbocycles. The second-order valence-corrected chi connectivity index (χ2v) is 6.29. The number of para-hydroxylation sites is 3. The molecule has 0 fully saturated rings. The van der Waals surface area contributed by atoms with Crippen LogP contribution in [0.25, 0.3) is 0 Å². The minimum absolute atomic E-state index is 0.0953. The lowest BCUT2D eigenvalue weighted by molar-refractivity contribution is -0.122. The Hall–Kier alpha value is -3.87. The van der Waals surface area contributed by atoms with Gasteiger partial charge >= 0.3 is 0 Å². The maximum atomic E-state index is 13.0. The van der Waals surface area contributed by atoms with Crippen molar-refractivity contribution in [3.63, 3.8) is 0 Å². The molecule has 140 valence electrons. The first-order valence-electron chi connectivity index (χ1n) is 8.75. The van der Waals surface area contributed by atoms with Gasteiger partial charge in [0.1, 0.15) is 6.04 Å². The van der Waals surface area contributed by atoms with Gasteiger partial charge < -0.3 is 15.1 Å². The number of hydrogen-bond acceptors (Lipinski definition) is 4. The first-order chi connectivity index (χ1) is 13.6. The summed E-state index contributed by atoms with van der Waals surface area (Å²) in [6, 6.07) is 18.0. The van der Waals surface area contributed by atoms with Crippen molar-refractivity contribution in [2.24, 2.45) is 0 Å². The summed E-state index contributed by atoms with van der Waals surface area (Å²) in [6.45, 7) is 0. The smallest absolute Gasteiger partial charge is 0.294 e. The number of nitrogens with zero attached hydrogens (tertiary/aromatic N) is 1. The number of amides is 3. The normalized spacial score (nSPS) is 15.5. The Morgan fingerprint density at radius 1 is 1.00 bits per heavy atom. The molecular weight excluding hydrogens is 358 g/mol. The molecule has 1 aliphatic heterocycles. The van der Waals surface area contributed by atoms with Crippen molar-refractivity contribution in [1.29, 1.82) is 0 Å². The van der Waals surface area contributed by atoms with Gasteiger partial charge in [-0.3, -0.25) is 19.3 Å². The van der Waals surface area contributed by atoms with Gasteiger partial charge in [-0.15, -0.1) is 0 Å². The molecule has 0 spiro atoms. The highest BCUT2D eigenvalue weighted by Crippen LogP contribution is 2.34. The van der Waals surface area contributed by atoms with Gasteiger partial charge in [0, 0.05) is 5.69 Å². The Kier molecular flexibility index (Phi) is 4.63. The molecule has 2 heterocycles. The lowest BCUT2D eigenvalue weighted by atomic mass is 10.0. The van der Waals surface area contributed by atoms with Crippen LogP contribution in [0, 0.1) is 0 Å². The summed E-state index contributed by atoms with van der Waals surface area (Å²) in [5.41, 5.74) is 1.64. The molecule has 0 bridgehead atoms. The van der Waals surface area contributed by atoms with Gasteiger partial charge in [-0.1, -0.05) is 30.3 Å². The van der Waals surface area contributed by atoms with Crippen molar-refractivity contribution in [3.05, 3.63) is 78.8 Å². The number of carbonyl (C=O) groups is 3. The third kappa shape index (κ3) is 3.37. The Morgan fingerprint density at radius 2 is 1.75 bits per heavy atom. The summed E-state index contributed by atoms with van der Waals surface area (Å²) in [4.78, 5) is 39.6. The number of carbonyl (C=O) groups excluding carboxylic acids is 3. The molecule has 0 radical (unpaired) electrons. The second-order valence-electron chi connectivity index (χ2n) is 6.29. The van der Waals surface area contributed by atoms with Crippen LogP contribution < -0.4 is 15.5 Å². The monoisotopic (exact) mass is 375 g/mol. The number of rotatable bonds is 4. The van der Waals surface area contributed by atoms with Gasteiger partial charge in [-0.05, 0) is 36.4 Å². The van der Waals surface area contributed by atoms with Crippen molar-refractivity contribution in [1.82, 2.24) is 0 Å². The number of furan rings is 1. The highest BCUT2D eigenvalue weighted by Gasteiger charge is 2.39. The first-order valence-corrected chi connectivity index (χ1v) is 8.75. The van der Waals surface area contributed by atoms with Gasteiger partial charge in [-0.25, -0.2) is 0 Å². The minimum atomic E-state index is -1.00. The molecule has 3 aromatic rings. The number of hydrogen-bond donors (Lipinski definition) is 2. The zero-order chi connectivity index (χ0) is 19.5. The third-order valence-electron chi connectivity index (χ3n) is 4.42. The fourth-order valence-corrected chi connectivity index (χ4v) is 3.15. The molecule has 1 aliphatic rings. The van der Waals surface area contributed by atoms with E-state index >= 15 is 0 Å². The van der Waals surface area contributed by atoms with Crippen molar-refractivity contribution in [2.75, 3.05) is 15.5 Å². The fourth-order valence-electron chi connectivity index (χ4n) is 3.15. The highest BCUT2D eigenvalue weighted by molar-refractivity contribution is 6.17. The first kappa shape index (κ1) is 17.5. The summed E-state index contributed by atoms with van der Waals surface area (Å²) in [7, 11) is 0. The predicted octanol–water partition coefficient (Wildman–Crippen LogP) is 3.28. The maximum Gasteiger partial charge on any atom is 0.294 e. The van der Waals surface area contributed by atoms with Crippen LogP contribution in [0.5, 0.6) is 0 Å². The van der Waals surface area contributed by atoms with Crippen LogP contribution in [-0.2, 0) is 9.59 Å². The van der Waals surface area contributed by atoms with Gasteiger partial charge in [0.25, 0.3) is 5.91 Å². The van der Waals surface area contributed by atoms with E-state index in [1.807, 2.05) is 6.07 Å². The summed E-state index contributed by atoms with van der Waals surface area (Å²) < 4.78 is 5.22. The van der Waals surface area contributed by atoms with E-state index in [9.17, 15) is 14.4 Å². The Bertz CT molecular complexity index is 1020. The highest BCUT2D eigenvalue weighted by atomic mass is 16.3. The SMILES string of the molecule is O=C(C[C@@H]1C(=O)Nc2ccccc2N1C(=O)c1ccco1)Nc1ccccc1. The van der Waals surface area contributed by atoms with Gasteiger partial charge in [0.15, 0.2) is 5.76 Å². The molecule has 0 unspecified atom stereocenters. The topological polar surface area (TPSA) is 91.7 Å². The molecule has 7 heteroatoms. The molecule has 3 amide bonds. The van der Waals surface area contributed by atoms with Crippen LogP contribution in [0.4, 0.5) is 17.1 Å². The van der Waals surface area contributed by atoms with Crippen LogP contribution in [0.3, 0.4) is 0 Å². The largest absolute Gasteiger partial charge is 0.459 e. The summed E-state index contributed by atoms with van der Waals surface area (Å²) >= 11 is 0. The van der Waals surface area contributed by atoms with Gasteiger partial charge in [0.2, 0.25) is 11.8 Å². The molecule has 0 saturated carbocycles. The van der Waals surface area contributed by atoms with Crippen LogP contribution in [0.1, 0.15) is 17.0 Å². The lowest BCUT2D eigenvalue weighted by Crippen LogP contribution is -2.52. The van der Waals surface area contributed by atoms with Gasteiger partial charge in [0.05, 0.1) is 24.1 Å². The molecule has 2 N–H and O–H groups in total. The van der Waals surface area contributed by atoms with E-state index in [0.29, 0.717) is 17.1 Å². The molecule has 1 atom stereocenters. The molecule has 1 aromatic heterocycles. The Morgan fingerprint density at radius 3 is 2.50 bits per heavy atom. The zero-order valence-corrected chi connectivity index (χ0v) is 14.8. The zero-order valence-electron chi connectivity index (χ0n) is 14.8. The van der Waals surface area contributed by atoms with E-state index < -0.39 is 17.9 Å². The van der Waals surface area contributed by atoms with Crippen LogP contribution in [-0.4, -0.2) is 23.8 Å². The lowest BCUT2D eigenvalue weighted by Gasteiger charge is -2.35. The molecule has 4 rings (SSSR count). The summed E-state index contributed by atoms with van der Waals surface area (Å²) in [6.07, 6.45) is 1.20. The Balaban J connectivity index is 1.64. The summed E-state index contributed by atoms with van der Waals surface area (Å²) in [5, 5.41) is 5.51. The van der Waals surface area contributed by atoms with Crippen LogP contribution in [0.2, 0.25) is 0 Å². The predicted molar refractivity (Wildman–Crippen MR) is 104 cm³/mol. The number of fused-ring (bicyclic) bond motifs is 1. The van der Waals surface area contributed by atoms with Crippen molar-refractivity contribution in [3.8, 4) is 0 Å². The molecule has 0 aliphatic carbocycles.